The van der Waals surface area contributed by atoms with Gasteiger partial charge in [0.15, 0.2) is 0 Å². The number of nitriles is 2. The van der Waals surface area contributed by atoms with Gasteiger partial charge in [-0.1, -0.05) is 24.3 Å². The van der Waals surface area contributed by atoms with E-state index in [1.165, 1.54) is 19.3 Å². The molecule has 0 radical (unpaired) electrons. The van der Waals surface area contributed by atoms with E-state index in [4.69, 9.17) is 0 Å². The van der Waals surface area contributed by atoms with Crippen LogP contribution in [0.3, 0.4) is 0 Å². The number of nitrogens with zero attached hydrogens (tertiary/aromatic N) is 3. The fraction of sp³-hybridized carbons (Fsp3) is 0.250. The Bertz CT molecular complexity index is 982. The highest BCUT2D eigenvalue weighted by Crippen LogP contribution is 2.40. The molecule has 0 unspecified atom stereocenters. The Morgan fingerprint density at radius 2 is 1.62 bits per heavy atom. The molecule has 4 nitrogen and oxygen atoms in total. The van der Waals surface area contributed by atoms with Crippen molar-refractivity contribution in [2.75, 3.05) is 18.0 Å². The number of ketones is 1. The predicted octanol–water partition coefficient (Wildman–Crippen LogP) is 3.83. The molecule has 0 saturated carbocycles. The summed E-state index contributed by atoms with van der Waals surface area (Å²) in [7, 11) is 0. The van der Waals surface area contributed by atoms with Gasteiger partial charge in [0.2, 0.25) is 5.78 Å². The van der Waals surface area contributed by atoms with Crippen molar-refractivity contribution >= 4 is 27.8 Å². The zero-order valence-electron chi connectivity index (χ0n) is 13.2. The summed E-state index contributed by atoms with van der Waals surface area (Å²) in [5, 5.41) is 20.6. The average molecular weight is 313 g/mol. The van der Waals surface area contributed by atoms with Crippen LogP contribution in [0.1, 0.15) is 35.2 Å². The Balaban J connectivity index is 2.03. The van der Waals surface area contributed by atoms with Gasteiger partial charge in [0.25, 0.3) is 0 Å². The molecule has 1 fully saturated rings. The number of hydrogen-bond donors (Lipinski definition) is 0. The van der Waals surface area contributed by atoms with Crippen molar-refractivity contribution < 1.29 is 4.79 Å². The topological polar surface area (TPSA) is 67.9 Å². The summed E-state index contributed by atoms with van der Waals surface area (Å²) in [4.78, 5) is 15.0. The lowest BCUT2D eigenvalue weighted by Gasteiger charge is -2.31. The quantitative estimate of drug-likeness (QED) is 0.802. The summed E-state index contributed by atoms with van der Waals surface area (Å²) in [6, 6.07) is 13.5. The second kappa shape index (κ2) is 5.51. The Hall–Kier alpha value is -3.11. The highest BCUT2D eigenvalue weighted by Gasteiger charge is 2.29. The number of allylic oxidation sites excluding steroid dienone is 2. The molecule has 24 heavy (non-hydrogen) atoms. The van der Waals surface area contributed by atoms with Gasteiger partial charge in [-0.15, -0.1) is 0 Å². The average Bonchev–Trinajstić information content (AvgIpc) is 2.64. The Morgan fingerprint density at radius 3 is 2.33 bits per heavy atom. The SMILES string of the molecule is N#CC1=C(C#N)c2ccc(N3CCCCC3)c3cccc(c23)C1=O. The van der Waals surface area contributed by atoms with Gasteiger partial charge in [0.1, 0.15) is 17.7 Å². The molecule has 4 rings (SSSR count). The van der Waals surface area contributed by atoms with Crippen molar-refractivity contribution in [3.63, 3.8) is 0 Å². The summed E-state index contributed by atoms with van der Waals surface area (Å²) in [6.45, 7) is 2.02. The van der Waals surface area contributed by atoms with Crippen LogP contribution in [-0.2, 0) is 0 Å². The molecule has 0 bridgehead atoms. The molecule has 1 aliphatic heterocycles. The minimum Gasteiger partial charge on any atom is -0.371 e. The predicted molar refractivity (Wildman–Crippen MR) is 92.5 cm³/mol. The summed E-state index contributed by atoms with van der Waals surface area (Å²) < 4.78 is 0. The van der Waals surface area contributed by atoms with Crippen LogP contribution in [0.4, 0.5) is 5.69 Å². The molecule has 0 N–H and O–H groups in total. The molecule has 116 valence electrons. The molecule has 2 aromatic rings. The van der Waals surface area contributed by atoms with Crippen LogP contribution in [0.25, 0.3) is 16.3 Å². The molecule has 2 aliphatic rings. The van der Waals surface area contributed by atoms with E-state index in [1.54, 1.807) is 6.07 Å². The summed E-state index contributed by atoms with van der Waals surface area (Å²) in [5.41, 5.74) is 2.47. The van der Waals surface area contributed by atoms with Gasteiger partial charge in [-0.25, -0.2) is 0 Å². The summed E-state index contributed by atoms with van der Waals surface area (Å²) in [6.07, 6.45) is 3.59. The maximum Gasteiger partial charge on any atom is 0.205 e. The number of carbonyl (C=O) groups is 1. The van der Waals surface area contributed by atoms with Crippen LogP contribution in [0.5, 0.6) is 0 Å². The molecule has 1 aliphatic carbocycles. The van der Waals surface area contributed by atoms with Crippen LogP contribution in [0.2, 0.25) is 0 Å². The third kappa shape index (κ3) is 1.94. The number of Topliss-reactive ketones (excluding diaryl/α,β-unsaturated/α-hetero) is 1. The van der Waals surface area contributed by atoms with Gasteiger partial charge in [-0.3, -0.25) is 4.79 Å². The minimum atomic E-state index is -0.344. The fourth-order valence-corrected chi connectivity index (χ4v) is 3.81. The first-order valence-corrected chi connectivity index (χ1v) is 8.16. The van der Waals surface area contributed by atoms with Crippen LogP contribution in [0.15, 0.2) is 35.9 Å². The van der Waals surface area contributed by atoms with E-state index in [1.807, 2.05) is 30.3 Å². The first kappa shape index (κ1) is 14.5. The van der Waals surface area contributed by atoms with Crippen molar-refractivity contribution in [3.05, 3.63) is 47.0 Å². The van der Waals surface area contributed by atoms with Gasteiger partial charge in [-0.2, -0.15) is 10.5 Å². The smallest absolute Gasteiger partial charge is 0.205 e. The first-order chi connectivity index (χ1) is 11.8. The molecular formula is C20H15N3O. The fourth-order valence-electron chi connectivity index (χ4n) is 3.81. The highest BCUT2D eigenvalue weighted by molar-refractivity contribution is 6.29. The van der Waals surface area contributed by atoms with Crippen LogP contribution >= 0.6 is 0 Å². The van der Waals surface area contributed by atoms with Gasteiger partial charge < -0.3 is 4.90 Å². The number of benzene rings is 2. The van der Waals surface area contributed by atoms with E-state index in [0.29, 0.717) is 11.1 Å². The van der Waals surface area contributed by atoms with Crippen LogP contribution < -0.4 is 4.90 Å². The lowest BCUT2D eigenvalue weighted by Crippen LogP contribution is -2.29. The molecule has 0 atom stereocenters. The highest BCUT2D eigenvalue weighted by atomic mass is 16.1. The number of hydrogen-bond acceptors (Lipinski definition) is 4. The molecule has 2 aromatic carbocycles. The number of carbonyl (C=O) groups excluding carboxylic acids is 1. The van der Waals surface area contributed by atoms with Crippen molar-refractivity contribution in [3.8, 4) is 12.1 Å². The lowest BCUT2D eigenvalue weighted by molar-refractivity contribution is 0.104. The van der Waals surface area contributed by atoms with Crippen molar-refractivity contribution in [1.82, 2.24) is 0 Å². The maximum absolute atomic E-state index is 12.6. The Labute approximate surface area is 140 Å². The van der Waals surface area contributed by atoms with Crippen molar-refractivity contribution in [2.45, 2.75) is 19.3 Å². The van der Waals surface area contributed by atoms with E-state index in [0.717, 1.165) is 29.5 Å². The van der Waals surface area contributed by atoms with Gasteiger partial charge in [0.05, 0.1) is 5.57 Å². The molecule has 0 spiro atoms. The standard InChI is InChI=1S/C20H15N3O/c21-11-16-13-7-8-18(23-9-2-1-3-10-23)14-5-4-6-15(19(13)14)20(24)17(16)12-22/h4-8H,1-3,9-10H2. The second-order valence-corrected chi connectivity index (χ2v) is 6.21. The third-order valence-electron chi connectivity index (χ3n) is 4.93. The van der Waals surface area contributed by atoms with Crippen LogP contribution in [-0.4, -0.2) is 18.9 Å². The molecule has 4 heteroatoms. The molecule has 0 amide bonds. The third-order valence-corrected chi connectivity index (χ3v) is 4.93. The van der Waals surface area contributed by atoms with E-state index < -0.39 is 0 Å². The second-order valence-electron chi connectivity index (χ2n) is 6.21. The summed E-state index contributed by atoms with van der Waals surface area (Å²) in [5.74, 6) is -0.344. The Kier molecular flexibility index (Phi) is 3.32. The minimum absolute atomic E-state index is 0.0526. The zero-order chi connectivity index (χ0) is 16.7. The summed E-state index contributed by atoms with van der Waals surface area (Å²) >= 11 is 0. The van der Waals surface area contributed by atoms with Gasteiger partial charge in [-0.05, 0) is 25.3 Å². The number of piperidine rings is 1. The van der Waals surface area contributed by atoms with E-state index in [2.05, 4.69) is 11.0 Å². The van der Waals surface area contributed by atoms with E-state index in [9.17, 15) is 15.3 Å². The first-order valence-electron chi connectivity index (χ1n) is 8.16. The zero-order valence-corrected chi connectivity index (χ0v) is 13.2. The van der Waals surface area contributed by atoms with E-state index in [-0.39, 0.29) is 16.9 Å². The largest absolute Gasteiger partial charge is 0.371 e. The molecular weight excluding hydrogens is 298 g/mol. The van der Waals surface area contributed by atoms with Gasteiger partial charge in [0, 0.05) is 40.7 Å². The monoisotopic (exact) mass is 313 g/mol. The molecule has 0 aromatic heterocycles. The number of anilines is 1. The van der Waals surface area contributed by atoms with Crippen LogP contribution in [0, 0.1) is 22.7 Å². The maximum atomic E-state index is 12.6. The van der Waals surface area contributed by atoms with Gasteiger partial charge >= 0.3 is 0 Å². The normalized spacial score (nSPS) is 16.9. The molecule has 1 heterocycles. The van der Waals surface area contributed by atoms with Crippen molar-refractivity contribution in [1.29, 1.82) is 10.5 Å². The van der Waals surface area contributed by atoms with E-state index >= 15 is 0 Å². The number of rotatable bonds is 1. The van der Waals surface area contributed by atoms with Crippen molar-refractivity contribution in [2.24, 2.45) is 0 Å². The Morgan fingerprint density at radius 1 is 0.875 bits per heavy atom. The molecule has 1 saturated heterocycles. The lowest BCUT2D eigenvalue weighted by atomic mass is 9.83.